The summed E-state index contributed by atoms with van der Waals surface area (Å²) in [6.07, 6.45) is 7.28. The number of carbonyl (C=O) groups excluding carboxylic acids is 4. The third kappa shape index (κ3) is 6.26. The molecule has 2 aliphatic carbocycles. The number of hydrogen-bond acceptors (Lipinski definition) is 8. The molecule has 0 spiro atoms. The van der Waals surface area contributed by atoms with Gasteiger partial charge in [0.05, 0.1) is 38.9 Å². The van der Waals surface area contributed by atoms with Crippen molar-refractivity contribution < 1.29 is 60.4 Å². The first-order valence-electron chi connectivity index (χ1n) is 18.9. The molecule has 6 atom stereocenters. The SMILES string of the molecule is COc1ccc(OC)c(C=Cc2ccc(N3C(=O)C4CC=C5C(CC6(Cl)C(=O)N(c7c(F)c(F)c(F)c(F)c7F)C(=O)C6(Cl)C5C=Cc5ccc(O)c(OC)c5)C4C3=O)cc2)c1. The highest BCUT2D eigenvalue weighted by Crippen LogP contribution is 2.64. The molecule has 0 aromatic heterocycles. The Morgan fingerprint density at radius 1 is 0.694 bits per heavy atom. The van der Waals surface area contributed by atoms with Gasteiger partial charge in [-0.15, -0.1) is 23.2 Å². The monoisotopic (exact) mass is 894 g/mol. The summed E-state index contributed by atoms with van der Waals surface area (Å²) in [6, 6.07) is 16.0. The quantitative estimate of drug-likeness (QED) is 0.0338. The van der Waals surface area contributed by atoms with Gasteiger partial charge in [0.15, 0.2) is 44.5 Å². The molecule has 10 nitrogen and oxygen atoms in total. The summed E-state index contributed by atoms with van der Waals surface area (Å²) in [7, 11) is 4.38. The third-order valence-corrected chi connectivity index (χ3v) is 13.4. The lowest BCUT2D eigenvalue weighted by atomic mass is 9.57. The Morgan fingerprint density at radius 2 is 1.34 bits per heavy atom. The lowest BCUT2D eigenvalue weighted by Crippen LogP contribution is -2.60. The largest absolute Gasteiger partial charge is 0.504 e. The van der Waals surface area contributed by atoms with Crippen LogP contribution >= 0.6 is 23.2 Å². The zero-order valence-electron chi connectivity index (χ0n) is 32.7. The van der Waals surface area contributed by atoms with E-state index in [1.165, 1.54) is 51.7 Å². The summed E-state index contributed by atoms with van der Waals surface area (Å²) in [4.78, 5) is 53.0. The van der Waals surface area contributed by atoms with E-state index in [9.17, 15) is 37.5 Å². The molecule has 2 saturated heterocycles. The van der Waals surface area contributed by atoms with Crippen LogP contribution in [0.25, 0.3) is 18.2 Å². The molecule has 1 N–H and O–H groups in total. The van der Waals surface area contributed by atoms with Gasteiger partial charge in [0.1, 0.15) is 17.2 Å². The zero-order valence-corrected chi connectivity index (χ0v) is 34.2. The minimum Gasteiger partial charge on any atom is -0.504 e. The van der Waals surface area contributed by atoms with E-state index in [1.54, 1.807) is 60.7 Å². The molecule has 62 heavy (non-hydrogen) atoms. The number of fused-ring (bicyclic) bond motifs is 4. The van der Waals surface area contributed by atoms with E-state index in [4.69, 9.17) is 37.4 Å². The number of aromatic hydroxyl groups is 1. The highest BCUT2D eigenvalue weighted by molar-refractivity contribution is 6.58. The number of nitrogens with zero attached hydrogens (tertiary/aromatic N) is 2. The molecule has 4 aromatic rings. The third-order valence-electron chi connectivity index (χ3n) is 12.0. The Kier molecular flexibility index (Phi) is 10.7. The molecule has 6 unspecified atom stereocenters. The number of phenolic OH excluding ortho intramolecular Hbond substituents is 1. The van der Waals surface area contributed by atoms with E-state index in [0.29, 0.717) is 22.6 Å². The first-order valence-corrected chi connectivity index (χ1v) is 19.7. The van der Waals surface area contributed by atoms with Gasteiger partial charge in [-0.2, -0.15) is 0 Å². The zero-order chi connectivity index (χ0) is 44.6. The van der Waals surface area contributed by atoms with Crippen molar-refractivity contribution in [2.45, 2.75) is 22.6 Å². The first kappa shape index (κ1) is 42.5. The van der Waals surface area contributed by atoms with Gasteiger partial charge in [-0.05, 0) is 72.4 Å². The van der Waals surface area contributed by atoms with Crippen molar-refractivity contribution >= 4 is 76.4 Å². The van der Waals surface area contributed by atoms with Crippen molar-refractivity contribution in [3.63, 3.8) is 0 Å². The van der Waals surface area contributed by atoms with Gasteiger partial charge >= 0.3 is 0 Å². The van der Waals surface area contributed by atoms with Crippen molar-refractivity contribution in [2.75, 3.05) is 31.1 Å². The summed E-state index contributed by atoms with van der Waals surface area (Å²) in [5, 5.41) is 10.2. The average Bonchev–Trinajstić information content (AvgIpc) is 3.61. The summed E-state index contributed by atoms with van der Waals surface area (Å²) in [5.41, 5.74) is 0.439. The molecule has 320 valence electrons. The second-order valence-corrected chi connectivity index (χ2v) is 16.3. The highest BCUT2D eigenvalue weighted by Gasteiger charge is 2.76. The minimum absolute atomic E-state index is 0.0378. The Hall–Kier alpha value is -6.19. The number of anilines is 2. The summed E-state index contributed by atoms with van der Waals surface area (Å²) >= 11 is 14.4. The number of allylic oxidation sites excluding steroid dienone is 3. The summed E-state index contributed by atoms with van der Waals surface area (Å²) in [6.45, 7) is 0. The lowest BCUT2D eigenvalue weighted by Gasteiger charge is -2.49. The molecular formula is C45H33Cl2F5N2O8. The van der Waals surface area contributed by atoms with Gasteiger partial charge in [-0.1, -0.05) is 54.2 Å². The number of phenols is 1. The second kappa shape index (κ2) is 15.6. The molecule has 4 aliphatic rings. The predicted octanol–water partition coefficient (Wildman–Crippen LogP) is 8.60. The molecule has 17 heteroatoms. The van der Waals surface area contributed by atoms with Gasteiger partial charge in [0.2, 0.25) is 17.6 Å². The van der Waals surface area contributed by atoms with E-state index in [0.717, 1.165) is 10.5 Å². The number of methoxy groups -OCH3 is 3. The van der Waals surface area contributed by atoms with Crippen LogP contribution in [0.2, 0.25) is 0 Å². The highest BCUT2D eigenvalue weighted by atomic mass is 35.5. The predicted molar refractivity (Wildman–Crippen MR) is 218 cm³/mol. The number of alkyl halides is 2. The summed E-state index contributed by atoms with van der Waals surface area (Å²) < 4.78 is 90.0. The maximum absolute atomic E-state index is 15.4. The number of halogens is 7. The first-order chi connectivity index (χ1) is 29.5. The number of imide groups is 2. The van der Waals surface area contributed by atoms with Gasteiger partial charge in [-0.25, -0.2) is 26.9 Å². The Morgan fingerprint density at radius 3 is 1.98 bits per heavy atom. The van der Waals surface area contributed by atoms with Crippen LogP contribution < -0.4 is 24.0 Å². The normalized spacial score (nSPS) is 25.7. The summed E-state index contributed by atoms with van der Waals surface area (Å²) in [5.74, 6) is -20.4. The van der Waals surface area contributed by atoms with E-state index in [2.05, 4.69) is 0 Å². The fourth-order valence-electron chi connectivity index (χ4n) is 8.96. The fraction of sp³-hybridized carbons (Fsp3) is 0.244. The molecule has 1 saturated carbocycles. The Labute approximate surface area is 360 Å². The van der Waals surface area contributed by atoms with Crippen LogP contribution in [0.1, 0.15) is 29.5 Å². The van der Waals surface area contributed by atoms with Gasteiger partial charge in [-0.3, -0.25) is 24.1 Å². The smallest absolute Gasteiger partial charge is 0.258 e. The Balaban J connectivity index is 1.18. The van der Waals surface area contributed by atoms with Crippen molar-refractivity contribution in [2.24, 2.45) is 23.7 Å². The molecule has 8 rings (SSSR count). The minimum atomic E-state index is -2.68. The maximum Gasteiger partial charge on any atom is 0.258 e. The number of rotatable bonds is 9. The van der Waals surface area contributed by atoms with E-state index < -0.39 is 98.2 Å². The van der Waals surface area contributed by atoms with Gasteiger partial charge in [0.25, 0.3) is 11.8 Å². The van der Waals surface area contributed by atoms with Crippen LogP contribution in [0.3, 0.4) is 0 Å². The number of hydrogen-bond donors (Lipinski definition) is 1. The molecule has 2 heterocycles. The average molecular weight is 896 g/mol. The molecular weight excluding hydrogens is 862 g/mol. The van der Waals surface area contributed by atoms with Crippen LogP contribution in [0.4, 0.5) is 33.3 Å². The fourth-order valence-corrected chi connectivity index (χ4v) is 9.86. The second-order valence-electron chi connectivity index (χ2n) is 15.1. The number of benzene rings is 4. The molecule has 3 fully saturated rings. The van der Waals surface area contributed by atoms with Crippen LogP contribution in [-0.4, -0.2) is 59.8 Å². The lowest BCUT2D eigenvalue weighted by molar-refractivity contribution is -0.125. The molecule has 4 amide bonds. The number of amides is 4. The van der Waals surface area contributed by atoms with E-state index in [-0.39, 0.29) is 34.1 Å². The Bertz CT molecular complexity index is 2660. The van der Waals surface area contributed by atoms with Crippen molar-refractivity contribution in [3.8, 4) is 23.0 Å². The van der Waals surface area contributed by atoms with Crippen LogP contribution in [-0.2, 0) is 19.2 Å². The van der Waals surface area contributed by atoms with Crippen LogP contribution in [0.5, 0.6) is 23.0 Å². The van der Waals surface area contributed by atoms with Crippen molar-refractivity contribution in [1.82, 2.24) is 0 Å². The van der Waals surface area contributed by atoms with Crippen LogP contribution in [0.15, 0.2) is 78.4 Å². The van der Waals surface area contributed by atoms with Gasteiger partial charge in [0, 0.05) is 11.5 Å². The van der Waals surface area contributed by atoms with Crippen molar-refractivity contribution in [1.29, 1.82) is 0 Å². The van der Waals surface area contributed by atoms with Crippen molar-refractivity contribution in [3.05, 3.63) is 124 Å². The van der Waals surface area contributed by atoms with E-state index in [1.807, 2.05) is 0 Å². The molecule has 2 aliphatic heterocycles. The van der Waals surface area contributed by atoms with Crippen LogP contribution in [0, 0.1) is 52.8 Å². The maximum atomic E-state index is 15.4. The molecule has 4 aromatic carbocycles. The van der Waals surface area contributed by atoms with E-state index >= 15 is 8.78 Å². The molecule has 0 bridgehead atoms. The number of carbonyl (C=O) groups is 4. The topological polar surface area (TPSA) is 123 Å². The number of ether oxygens (including phenoxy) is 3. The standard InChI is InChI=1S/C45H33Cl2F5N2O8/c1-60-25-12-17-31(61-2)23(19-25)9-4-21-5-10-24(11-6-21)53-40(56)27-14-13-26-28(33(27)41(53)57)20-44(46)42(58)54(39-37(51)35(49)34(48)36(50)38(39)52)43(59)45(44,47)29(26)15-7-22-8-16-30(55)32(18-22)62-3/h4-13,15-19,27-29,33,55H,14,20H2,1-3H3. The molecule has 0 radical (unpaired) electrons. The van der Waals surface area contributed by atoms with Gasteiger partial charge < -0.3 is 19.3 Å².